The highest BCUT2D eigenvalue weighted by Gasteiger charge is 2.28. The lowest BCUT2D eigenvalue weighted by Crippen LogP contribution is -2.47. The number of amides is 1. The number of carbonyl (C=O) groups is 1. The fourth-order valence-corrected chi connectivity index (χ4v) is 3.27. The van der Waals surface area contributed by atoms with Gasteiger partial charge in [-0.2, -0.15) is 5.10 Å². The molecule has 0 radical (unpaired) electrons. The number of carbonyl (C=O) groups excluding carboxylic acids is 1. The summed E-state index contributed by atoms with van der Waals surface area (Å²) in [5.41, 5.74) is 3.75. The minimum atomic E-state index is 0.138. The number of likely N-dealkylation sites (N-methyl/N-ethyl adjacent to an activating group) is 1. The van der Waals surface area contributed by atoms with Crippen LogP contribution in [-0.2, 0) is 12.8 Å². The van der Waals surface area contributed by atoms with Crippen LogP contribution in [0.1, 0.15) is 35.6 Å². The maximum Gasteiger partial charge on any atom is 0.257 e. The third kappa shape index (κ3) is 3.08. The molecule has 1 aromatic heterocycles. The number of aromatic nitrogens is 2. The summed E-state index contributed by atoms with van der Waals surface area (Å²) in [5.74, 6) is 0.138. The minimum Gasteiger partial charge on any atom is -0.336 e. The van der Waals surface area contributed by atoms with Crippen molar-refractivity contribution in [3.05, 3.63) is 47.3 Å². The molecule has 24 heavy (non-hydrogen) atoms. The van der Waals surface area contributed by atoms with Crippen molar-refractivity contribution in [1.82, 2.24) is 19.6 Å². The lowest BCUT2D eigenvalue weighted by Gasteiger charge is -2.32. The monoisotopic (exact) mass is 326 g/mol. The van der Waals surface area contributed by atoms with Gasteiger partial charge in [0.1, 0.15) is 0 Å². The van der Waals surface area contributed by atoms with Gasteiger partial charge in [0.25, 0.3) is 5.91 Å². The molecule has 0 N–H and O–H groups in total. The smallest absolute Gasteiger partial charge is 0.257 e. The van der Waals surface area contributed by atoms with E-state index in [0.29, 0.717) is 0 Å². The Hall–Kier alpha value is -2.14. The Labute approximate surface area is 143 Å². The average Bonchev–Trinajstić information content (AvgIpc) is 3.01. The van der Waals surface area contributed by atoms with Crippen LogP contribution >= 0.6 is 0 Å². The van der Waals surface area contributed by atoms with Crippen LogP contribution in [0.15, 0.2) is 30.3 Å². The molecule has 1 aromatic carbocycles. The van der Waals surface area contributed by atoms with Crippen molar-refractivity contribution < 1.29 is 4.79 Å². The fraction of sp³-hybridized carbons (Fsp3) is 0.474. The van der Waals surface area contributed by atoms with Crippen LogP contribution in [0.2, 0.25) is 0 Å². The van der Waals surface area contributed by atoms with E-state index < -0.39 is 0 Å². The summed E-state index contributed by atoms with van der Waals surface area (Å²) in [6.45, 7) is 7.60. The van der Waals surface area contributed by atoms with Crippen molar-refractivity contribution in [2.45, 2.75) is 26.7 Å². The molecule has 5 heteroatoms. The molecular weight excluding hydrogens is 300 g/mol. The third-order valence-electron chi connectivity index (χ3n) is 4.73. The van der Waals surface area contributed by atoms with Crippen LogP contribution in [0.3, 0.4) is 0 Å². The van der Waals surface area contributed by atoms with Crippen LogP contribution in [0.25, 0.3) is 5.69 Å². The first-order valence-electron chi connectivity index (χ1n) is 8.79. The van der Waals surface area contributed by atoms with Crippen LogP contribution in [0.4, 0.5) is 0 Å². The first-order valence-corrected chi connectivity index (χ1v) is 8.79. The van der Waals surface area contributed by atoms with E-state index in [9.17, 15) is 4.79 Å². The zero-order chi connectivity index (χ0) is 17.1. The molecule has 128 valence electrons. The van der Waals surface area contributed by atoms with Gasteiger partial charge in [0, 0.05) is 26.2 Å². The van der Waals surface area contributed by atoms with Gasteiger partial charge in [-0.25, -0.2) is 4.68 Å². The summed E-state index contributed by atoms with van der Waals surface area (Å²) in [5, 5.41) is 4.76. The Morgan fingerprint density at radius 1 is 1.04 bits per heavy atom. The summed E-state index contributed by atoms with van der Waals surface area (Å²) >= 11 is 0. The Bertz CT molecular complexity index is 700. The standard InChI is InChI=1S/C19H26N4O/c1-4-16-18(19(24)22-13-11-21(3)12-14-22)17(5-2)23(20-16)15-9-7-6-8-10-15/h6-10H,4-5,11-14H2,1-3H3. The summed E-state index contributed by atoms with van der Waals surface area (Å²) in [6.07, 6.45) is 1.55. The number of rotatable bonds is 4. The highest BCUT2D eigenvalue weighted by atomic mass is 16.2. The summed E-state index contributed by atoms with van der Waals surface area (Å²) in [6, 6.07) is 10.1. The van der Waals surface area contributed by atoms with E-state index in [1.807, 2.05) is 39.9 Å². The second-order valence-corrected chi connectivity index (χ2v) is 6.32. The molecule has 2 heterocycles. The number of hydrogen-bond donors (Lipinski definition) is 0. The lowest BCUT2D eigenvalue weighted by atomic mass is 10.1. The topological polar surface area (TPSA) is 41.4 Å². The van der Waals surface area contributed by atoms with Crippen LogP contribution in [0, 0.1) is 0 Å². The zero-order valence-corrected chi connectivity index (χ0v) is 14.8. The first-order chi connectivity index (χ1) is 11.7. The van der Waals surface area contributed by atoms with E-state index in [1.54, 1.807) is 0 Å². The van der Waals surface area contributed by atoms with Gasteiger partial charge in [-0.05, 0) is 32.0 Å². The van der Waals surface area contributed by atoms with Crippen molar-refractivity contribution in [3.8, 4) is 5.69 Å². The van der Waals surface area contributed by atoms with E-state index in [0.717, 1.165) is 61.7 Å². The normalized spacial score (nSPS) is 15.7. The molecule has 1 amide bonds. The molecule has 0 spiro atoms. The van der Waals surface area contributed by atoms with Gasteiger partial charge in [-0.3, -0.25) is 4.79 Å². The van der Waals surface area contributed by atoms with Crippen molar-refractivity contribution in [3.63, 3.8) is 0 Å². The van der Waals surface area contributed by atoms with Crippen molar-refractivity contribution >= 4 is 5.91 Å². The zero-order valence-electron chi connectivity index (χ0n) is 14.8. The SMILES string of the molecule is CCc1nn(-c2ccccc2)c(CC)c1C(=O)N1CCN(C)CC1. The Kier molecular flexibility index (Phi) is 5.00. The molecule has 1 aliphatic rings. The van der Waals surface area contributed by atoms with Gasteiger partial charge in [-0.1, -0.05) is 32.0 Å². The van der Waals surface area contributed by atoms with Crippen molar-refractivity contribution in [2.75, 3.05) is 33.2 Å². The van der Waals surface area contributed by atoms with Gasteiger partial charge in [-0.15, -0.1) is 0 Å². The highest BCUT2D eigenvalue weighted by molar-refractivity contribution is 5.96. The van der Waals surface area contributed by atoms with Gasteiger partial charge in [0.05, 0.1) is 22.6 Å². The second-order valence-electron chi connectivity index (χ2n) is 6.32. The Morgan fingerprint density at radius 3 is 2.29 bits per heavy atom. The molecule has 0 unspecified atom stereocenters. The predicted octanol–water partition coefficient (Wildman–Crippen LogP) is 2.38. The van der Waals surface area contributed by atoms with Gasteiger partial charge in [0.2, 0.25) is 0 Å². The largest absolute Gasteiger partial charge is 0.336 e. The molecule has 0 bridgehead atoms. The van der Waals surface area contributed by atoms with Gasteiger partial charge < -0.3 is 9.80 Å². The summed E-state index contributed by atoms with van der Waals surface area (Å²) < 4.78 is 1.95. The minimum absolute atomic E-state index is 0.138. The maximum atomic E-state index is 13.2. The maximum absolute atomic E-state index is 13.2. The van der Waals surface area contributed by atoms with Gasteiger partial charge >= 0.3 is 0 Å². The first kappa shape index (κ1) is 16.7. The number of benzene rings is 1. The molecule has 0 saturated carbocycles. The van der Waals surface area contributed by atoms with E-state index in [2.05, 4.69) is 25.8 Å². The van der Waals surface area contributed by atoms with Gasteiger partial charge in [0.15, 0.2) is 0 Å². The Morgan fingerprint density at radius 2 is 1.71 bits per heavy atom. The average molecular weight is 326 g/mol. The van der Waals surface area contributed by atoms with Crippen molar-refractivity contribution in [2.24, 2.45) is 0 Å². The van der Waals surface area contributed by atoms with Crippen LogP contribution in [0.5, 0.6) is 0 Å². The molecular formula is C19H26N4O. The van der Waals surface area contributed by atoms with E-state index >= 15 is 0 Å². The summed E-state index contributed by atoms with van der Waals surface area (Å²) in [7, 11) is 2.10. The van der Waals surface area contributed by atoms with E-state index in [-0.39, 0.29) is 5.91 Å². The molecule has 0 atom stereocenters. The molecule has 0 aliphatic carbocycles. The molecule has 3 rings (SSSR count). The van der Waals surface area contributed by atoms with Crippen LogP contribution in [-0.4, -0.2) is 58.7 Å². The quantitative estimate of drug-likeness (QED) is 0.866. The molecule has 1 aliphatic heterocycles. The lowest BCUT2D eigenvalue weighted by molar-refractivity contribution is 0.0662. The van der Waals surface area contributed by atoms with E-state index in [1.165, 1.54) is 0 Å². The third-order valence-corrected chi connectivity index (χ3v) is 4.73. The fourth-order valence-electron chi connectivity index (χ4n) is 3.27. The highest BCUT2D eigenvalue weighted by Crippen LogP contribution is 2.22. The number of para-hydroxylation sites is 1. The van der Waals surface area contributed by atoms with E-state index in [4.69, 9.17) is 5.10 Å². The molecule has 5 nitrogen and oxygen atoms in total. The predicted molar refractivity (Wildman–Crippen MR) is 95.7 cm³/mol. The molecule has 1 saturated heterocycles. The Balaban J connectivity index is 2.00. The van der Waals surface area contributed by atoms with Crippen LogP contribution < -0.4 is 0 Å². The number of nitrogens with zero attached hydrogens (tertiary/aromatic N) is 4. The van der Waals surface area contributed by atoms with Crippen molar-refractivity contribution in [1.29, 1.82) is 0 Å². The summed E-state index contributed by atoms with van der Waals surface area (Å²) in [4.78, 5) is 17.4. The molecule has 2 aromatic rings. The number of hydrogen-bond acceptors (Lipinski definition) is 3. The molecule has 1 fully saturated rings. The number of piperazine rings is 1. The second kappa shape index (κ2) is 7.18. The number of aryl methyl sites for hydroxylation is 1.